The molecule has 0 radical (unpaired) electrons. The summed E-state index contributed by atoms with van der Waals surface area (Å²) in [6, 6.07) is 12.4. The second-order valence-corrected chi connectivity index (χ2v) is 6.70. The molecule has 0 saturated heterocycles. The average Bonchev–Trinajstić information content (AvgIpc) is 3.49. The first-order valence-electron chi connectivity index (χ1n) is 9.80. The van der Waals surface area contributed by atoms with E-state index < -0.39 is 5.91 Å². The van der Waals surface area contributed by atoms with Crippen LogP contribution in [0.3, 0.4) is 0 Å². The number of hydrazone groups is 1. The molecule has 0 saturated carbocycles. The molecule has 1 amide bonds. The van der Waals surface area contributed by atoms with Crippen LogP contribution in [-0.2, 0) is 0 Å². The lowest BCUT2D eigenvalue weighted by molar-refractivity contribution is 0.0950. The second-order valence-electron chi connectivity index (χ2n) is 6.70. The van der Waals surface area contributed by atoms with Crippen LogP contribution in [0, 0.1) is 0 Å². The van der Waals surface area contributed by atoms with Crippen molar-refractivity contribution < 1.29 is 23.6 Å². The number of amides is 1. The van der Waals surface area contributed by atoms with Gasteiger partial charge in [0.1, 0.15) is 5.69 Å². The number of carbonyl (C=O) groups is 1. The molecule has 2 aromatic carbocycles. The molecule has 0 fully saturated rings. The van der Waals surface area contributed by atoms with E-state index in [1.165, 1.54) is 32.2 Å². The van der Waals surface area contributed by atoms with Crippen molar-refractivity contribution in [2.75, 3.05) is 27.1 Å². The maximum absolute atomic E-state index is 12.9. The lowest BCUT2D eigenvalue weighted by Crippen LogP contribution is -2.19. The predicted molar refractivity (Wildman–Crippen MR) is 120 cm³/mol. The quantitative estimate of drug-likeness (QED) is 0.289. The van der Waals surface area contributed by atoms with Crippen molar-refractivity contribution in [2.24, 2.45) is 5.10 Å². The largest absolute Gasteiger partial charge is 0.493 e. The van der Waals surface area contributed by atoms with E-state index in [2.05, 4.69) is 35.8 Å². The van der Waals surface area contributed by atoms with Gasteiger partial charge < -0.3 is 19.9 Å². The lowest BCUT2D eigenvalue weighted by Gasteiger charge is -2.12. The molecule has 0 bridgehead atoms. The third-order valence-corrected chi connectivity index (χ3v) is 4.70. The highest BCUT2D eigenvalue weighted by atomic mass is 16.6. The summed E-state index contributed by atoms with van der Waals surface area (Å²) in [5.41, 5.74) is 9.83. The Morgan fingerprint density at radius 2 is 1.79 bits per heavy atom. The number of nitrogen functional groups attached to an aromatic ring is 1. The van der Waals surface area contributed by atoms with Gasteiger partial charge in [-0.2, -0.15) is 9.78 Å². The molecule has 2 heterocycles. The van der Waals surface area contributed by atoms with Gasteiger partial charge in [-0.15, -0.1) is 5.10 Å². The first kappa shape index (κ1) is 22.3. The van der Waals surface area contributed by atoms with Crippen LogP contribution in [0.15, 0.2) is 52.2 Å². The number of benzene rings is 2. The van der Waals surface area contributed by atoms with Crippen molar-refractivity contribution >= 4 is 17.9 Å². The van der Waals surface area contributed by atoms with E-state index in [4.69, 9.17) is 19.9 Å². The summed E-state index contributed by atoms with van der Waals surface area (Å²) in [6.45, 7) is 0. The van der Waals surface area contributed by atoms with Crippen molar-refractivity contribution in [1.82, 2.24) is 30.7 Å². The molecular weight excluding hydrogens is 444 g/mol. The topological polar surface area (TPSA) is 165 Å². The highest BCUT2D eigenvalue weighted by Crippen LogP contribution is 2.37. The maximum atomic E-state index is 12.9. The SMILES string of the molecule is COc1cc(C=NNC(=O)c2nnn(-c3nonc3N)c2-c2ccccc2)cc(OC)c1OC. The van der Waals surface area contributed by atoms with E-state index in [0.717, 1.165) is 0 Å². The highest BCUT2D eigenvalue weighted by molar-refractivity contribution is 5.98. The number of rotatable bonds is 8. The Balaban J connectivity index is 1.64. The van der Waals surface area contributed by atoms with Gasteiger partial charge in [-0.05, 0) is 22.4 Å². The molecule has 13 nitrogen and oxygen atoms in total. The van der Waals surface area contributed by atoms with E-state index in [1.807, 2.05) is 6.07 Å². The minimum absolute atomic E-state index is 0.00404. The van der Waals surface area contributed by atoms with Gasteiger partial charge >= 0.3 is 0 Å². The Bertz CT molecular complexity index is 1310. The first-order chi connectivity index (χ1) is 16.6. The number of hydrogen-bond donors (Lipinski definition) is 2. The fourth-order valence-corrected chi connectivity index (χ4v) is 3.17. The van der Waals surface area contributed by atoms with Crippen LogP contribution < -0.4 is 25.4 Å². The Kier molecular flexibility index (Phi) is 6.34. The molecule has 174 valence electrons. The molecule has 4 aromatic rings. The number of anilines is 1. The zero-order chi connectivity index (χ0) is 24.1. The predicted octanol–water partition coefficient (Wildman–Crippen LogP) is 1.69. The summed E-state index contributed by atoms with van der Waals surface area (Å²) in [5, 5.41) is 19.3. The number of ether oxygens (including phenoxy) is 3. The minimum Gasteiger partial charge on any atom is -0.493 e. The molecule has 0 aliphatic carbocycles. The van der Waals surface area contributed by atoms with E-state index in [1.54, 1.807) is 36.4 Å². The zero-order valence-electron chi connectivity index (χ0n) is 18.4. The summed E-state index contributed by atoms with van der Waals surface area (Å²) in [7, 11) is 4.52. The highest BCUT2D eigenvalue weighted by Gasteiger charge is 2.25. The van der Waals surface area contributed by atoms with Crippen molar-refractivity contribution in [3.8, 4) is 34.3 Å². The van der Waals surface area contributed by atoms with Gasteiger partial charge in [-0.1, -0.05) is 35.5 Å². The van der Waals surface area contributed by atoms with Gasteiger partial charge in [-0.3, -0.25) is 4.79 Å². The van der Waals surface area contributed by atoms with Gasteiger partial charge in [-0.25, -0.2) is 10.1 Å². The van der Waals surface area contributed by atoms with E-state index in [9.17, 15) is 4.79 Å². The monoisotopic (exact) mass is 464 g/mol. The Hall–Kier alpha value is -4.94. The van der Waals surface area contributed by atoms with Gasteiger partial charge in [0, 0.05) is 11.1 Å². The number of nitrogens with two attached hydrogens (primary N) is 1. The first-order valence-corrected chi connectivity index (χ1v) is 9.80. The molecule has 0 atom stereocenters. The Morgan fingerprint density at radius 3 is 2.38 bits per heavy atom. The maximum Gasteiger partial charge on any atom is 0.294 e. The smallest absolute Gasteiger partial charge is 0.294 e. The van der Waals surface area contributed by atoms with Gasteiger partial charge in [0.2, 0.25) is 17.4 Å². The molecular formula is C21H20N8O5. The molecule has 0 aliphatic rings. The summed E-state index contributed by atoms with van der Waals surface area (Å²) >= 11 is 0. The summed E-state index contributed by atoms with van der Waals surface area (Å²) in [4.78, 5) is 12.9. The molecule has 34 heavy (non-hydrogen) atoms. The summed E-state index contributed by atoms with van der Waals surface area (Å²) in [6.07, 6.45) is 1.43. The van der Waals surface area contributed by atoms with Gasteiger partial charge in [0.05, 0.1) is 27.5 Å². The molecule has 4 rings (SSSR count). The van der Waals surface area contributed by atoms with Crippen molar-refractivity contribution in [3.63, 3.8) is 0 Å². The summed E-state index contributed by atoms with van der Waals surface area (Å²) in [5.74, 6) is 0.826. The fraction of sp³-hybridized carbons (Fsp3) is 0.143. The minimum atomic E-state index is -0.608. The van der Waals surface area contributed by atoms with E-state index in [0.29, 0.717) is 34.1 Å². The normalized spacial score (nSPS) is 10.9. The molecule has 0 unspecified atom stereocenters. The van der Waals surface area contributed by atoms with Crippen molar-refractivity contribution in [2.45, 2.75) is 0 Å². The van der Waals surface area contributed by atoms with Crippen molar-refractivity contribution in [3.05, 3.63) is 53.7 Å². The standard InChI is InChI=1S/C21H20N8O5/c1-31-14-9-12(10-15(32-2)18(14)33-3)11-23-25-21(30)16-17(13-7-5-4-6-8-13)29(28-24-16)20-19(22)26-34-27-20/h4-11H,1-3H3,(H2,22,26)(H,25,30). The van der Waals surface area contributed by atoms with Crippen LogP contribution in [-0.4, -0.2) is 58.8 Å². The third-order valence-electron chi connectivity index (χ3n) is 4.70. The average molecular weight is 464 g/mol. The number of nitrogens with zero attached hydrogens (tertiary/aromatic N) is 6. The molecule has 3 N–H and O–H groups in total. The molecule has 2 aromatic heterocycles. The van der Waals surface area contributed by atoms with Crippen LogP contribution in [0.5, 0.6) is 17.2 Å². The van der Waals surface area contributed by atoms with E-state index in [-0.39, 0.29) is 17.3 Å². The van der Waals surface area contributed by atoms with Crippen molar-refractivity contribution in [1.29, 1.82) is 0 Å². The number of aromatic nitrogens is 5. The summed E-state index contributed by atoms with van der Waals surface area (Å²) < 4.78 is 21.9. The van der Waals surface area contributed by atoms with Gasteiger partial charge in [0.25, 0.3) is 5.91 Å². The lowest BCUT2D eigenvalue weighted by atomic mass is 10.1. The van der Waals surface area contributed by atoms with Crippen LogP contribution in [0.4, 0.5) is 5.82 Å². The van der Waals surface area contributed by atoms with Crippen LogP contribution in [0.2, 0.25) is 0 Å². The number of methoxy groups -OCH3 is 3. The second kappa shape index (κ2) is 9.68. The molecule has 13 heteroatoms. The fourth-order valence-electron chi connectivity index (χ4n) is 3.17. The number of carbonyl (C=O) groups excluding carboxylic acids is 1. The molecule has 0 aliphatic heterocycles. The van der Waals surface area contributed by atoms with Crippen LogP contribution in [0.25, 0.3) is 17.1 Å². The number of hydrogen-bond acceptors (Lipinski definition) is 11. The van der Waals surface area contributed by atoms with Crippen LogP contribution >= 0.6 is 0 Å². The number of nitrogens with one attached hydrogen (secondary N) is 1. The zero-order valence-corrected chi connectivity index (χ0v) is 18.4. The Morgan fingerprint density at radius 1 is 1.09 bits per heavy atom. The van der Waals surface area contributed by atoms with E-state index >= 15 is 0 Å². The van der Waals surface area contributed by atoms with Gasteiger partial charge in [0.15, 0.2) is 17.2 Å². The Labute approximate surface area is 193 Å². The molecule has 0 spiro atoms. The third kappa shape index (κ3) is 4.21. The van der Waals surface area contributed by atoms with Crippen LogP contribution in [0.1, 0.15) is 16.1 Å².